The number of nitrogens with zero attached hydrogens (tertiary/aromatic N) is 4. The number of amides is 1. The molecule has 0 aliphatic carbocycles. The number of likely N-dealkylation sites (tertiary alicyclic amines) is 2. The molecule has 52 heavy (non-hydrogen) atoms. The number of hydrogen-bond acceptors (Lipinski definition) is 8. The zero-order valence-corrected chi connectivity index (χ0v) is 31.3. The van der Waals surface area contributed by atoms with Crippen LogP contribution >= 0.6 is 0 Å². The zero-order chi connectivity index (χ0) is 36.4. The predicted octanol–water partition coefficient (Wildman–Crippen LogP) is 7.63. The molecule has 2 aromatic heterocycles. The van der Waals surface area contributed by atoms with Gasteiger partial charge in [0.05, 0.1) is 50.9 Å². The smallest absolute Gasteiger partial charge is 0.254 e. The van der Waals surface area contributed by atoms with E-state index in [1.54, 1.807) is 39.7 Å². The summed E-state index contributed by atoms with van der Waals surface area (Å²) in [6.45, 7) is 10.9. The maximum Gasteiger partial charge on any atom is 0.254 e. The quantitative estimate of drug-likeness (QED) is 0.142. The van der Waals surface area contributed by atoms with Gasteiger partial charge in [-0.25, -0.2) is 4.98 Å². The van der Waals surface area contributed by atoms with Gasteiger partial charge in [-0.15, -0.1) is 0 Å². The van der Waals surface area contributed by atoms with Crippen LogP contribution in [0.2, 0.25) is 0 Å². The molecule has 1 N–H and O–H groups in total. The molecular formula is C42H51N5O5. The van der Waals surface area contributed by atoms with Crippen molar-refractivity contribution < 1.29 is 23.4 Å². The number of para-hydroxylation sites is 2. The Kier molecular flexibility index (Phi) is 10.2. The standard InChI is InChI=1S/C42H51N5O5/c1-28-11-12-33(23-29(28)2)42(17-21-46(27-42)40(48)32-24-37(49-4)39(51-6)38(25-32)50-5)16-20-45-18-13-34(14-19-45)43-41-44-35-9-7-8-10-36(35)47(41)30(3)31-15-22-52-26-31/h7-12,15,22-26,30,34H,13-14,16-21,27H2,1-6H3,(H,43,44). The summed E-state index contributed by atoms with van der Waals surface area (Å²) in [5, 5.41) is 3.83. The summed E-state index contributed by atoms with van der Waals surface area (Å²) in [5.41, 5.74) is 7.50. The van der Waals surface area contributed by atoms with E-state index in [4.69, 9.17) is 23.6 Å². The molecule has 5 aromatic rings. The number of carbonyl (C=O) groups is 1. The summed E-state index contributed by atoms with van der Waals surface area (Å²) in [4.78, 5) is 23.7. The largest absolute Gasteiger partial charge is 0.493 e. The van der Waals surface area contributed by atoms with E-state index in [0.717, 1.165) is 67.9 Å². The number of aryl methyl sites for hydroxylation is 2. The van der Waals surface area contributed by atoms with Crippen LogP contribution in [0.25, 0.3) is 11.0 Å². The van der Waals surface area contributed by atoms with Gasteiger partial charge >= 0.3 is 0 Å². The van der Waals surface area contributed by atoms with E-state index < -0.39 is 0 Å². The highest BCUT2D eigenvalue weighted by Crippen LogP contribution is 2.42. The SMILES string of the molecule is COc1cc(C(=O)N2CCC(CCN3CCC(Nc4nc5ccccc5n4C(C)c4ccoc4)CC3)(c3ccc(C)c(C)c3)C2)cc(OC)c1OC. The minimum absolute atomic E-state index is 0.0232. The van der Waals surface area contributed by atoms with Crippen LogP contribution < -0.4 is 19.5 Å². The second-order valence-corrected chi connectivity index (χ2v) is 14.5. The minimum Gasteiger partial charge on any atom is -0.493 e. The van der Waals surface area contributed by atoms with Gasteiger partial charge in [0.25, 0.3) is 5.91 Å². The molecule has 2 aliphatic rings. The van der Waals surface area contributed by atoms with Crippen molar-refractivity contribution >= 4 is 22.9 Å². The average Bonchev–Trinajstić information content (AvgIpc) is 3.94. The molecule has 2 atom stereocenters. The van der Waals surface area contributed by atoms with Crippen molar-refractivity contribution in [1.82, 2.24) is 19.4 Å². The first kappa shape index (κ1) is 35.4. The third-order valence-corrected chi connectivity index (χ3v) is 11.5. The van der Waals surface area contributed by atoms with Crippen LogP contribution in [-0.4, -0.2) is 85.4 Å². The van der Waals surface area contributed by atoms with Crippen LogP contribution in [0.4, 0.5) is 5.95 Å². The van der Waals surface area contributed by atoms with E-state index in [9.17, 15) is 4.79 Å². The number of aromatic nitrogens is 2. The van der Waals surface area contributed by atoms with E-state index in [1.807, 2.05) is 23.3 Å². The number of imidazole rings is 1. The van der Waals surface area contributed by atoms with Gasteiger partial charge in [0.15, 0.2) is 11.5 Å². The number of nitrogens with one attached hydrogen (secondary N) is 1. The van der Waals surface area contributed by atoms with E-state index in [-0.39, 0.29) is 17.4 Å². The highest BCUT2D eigenvalue weighted by molar-refractivity contribution is 5.96. The van der Waals surface area contributed by atoms with Crippen LogP contribution in [0, 0.1) is 13.8 Å². The Bertz CT molecular complexity index is 1990. The number of ether oxygens (including phenoxy) is 3. The Labute approximate surface area is 306 Å². The average molecular weight is 706 g/mol. The van der Waals surface area contributed by atoms with Gasteiger partial charge in [-0.2, -0.15) is 0 Å². The number of methoxy groups -OCH3 is 3. The van der Waals surface area contributed by atoms with Crippen molar-refractivity contribution in [3.63, 3.8) is 0 Å². The van der Waals surface area contributed by atoms with Gasteiger partial charge in [-0.1, -0.05) is 30.3 Å². The van der Waals surface area contributed by atoms with Crippen LogP contribution in [0.5, 0.6) is 17.2 Å². The van der Waals surface area contributed by atoms with Crippen molar-refractivity contribution in [1.29, 1.82) is 0 Å². The van der Waals surface area contributed by atoms with Crippen molar-refractivity contribution in [2.75, 3.05) is 59.4 Å². The molecule has 0 bridgehead atoms. The molecule has 2 unspecified atom stereocenters. The van der Waals surface area contributed by atoms with Gasteiger partial charge in [0.2, 0.25) is 11.7 Å². The maximum atomic E-state index is 14.1. The fraction of sp³-hybridized carbons (Fsp3) is 0.429. The molecule has 4 heterocycles. The van der Waals surface area contributed by atoms with Crippen LogP contribution in [0.3, 0.4) is 0 Å². The molecule has 3 aromatic carbocycles. The minimum atomic E-state index is -0.141. The maximum absolute atomic E-state index is 14.1. The van der Waals surface area contributed by atoms with Crippen LogP contribution in [0.15, 0.2) is 77.6 Å². The Balaban J connectivity index is 1.05. The highest BCUT2D eigenvalue weighted by atomic mass is 16.5. The Morgan fingerprint density at radius 1 is 0.962 bits per heavy atom. The van der Waals surface area contributed by atoms with Gasteiger partial charge < -0.3 is 38.3 Å². The first-order valence-electron chi connectivity index (χ1n) is 18.4. The van der Waals surface area contributed by atoms with E-state index in [1.165, 1.54) is 16.7 Å². The monoisotopic (exact) mass is 705 g/mol. The number of benzene rings is 3. The third-order valence-electron chi connectivity index (χ3n) is 11.5. The molecule has 10 heteroatoms. The predicted molar refractivity (Wildman–Crippen MR) is 204 cm³/mol. The lowest BCUT2D eigenvalue weighted by atomic mass is 9.75. The number of anilines is 1. The summed E-state index contributed by atoms with van der Waals surface area (Å²) in [6.07, 6.45) is 7.50. The van der Waals surface area contributed by atoms with Crippen molar-refractivity contribution in [2.45, 2.75) is 64.0 Å². The second kappa shape index (κ2) is 14.9. The molecule has 0 radical (unpaired) electrons. The summed E-state index contributed by atoms with van der Waals surface area (Å²) < 4.78 is 24.4. The normalized spacial score (nSPS) is 18.8. The van der Waals surface area contributed by atoms with Crippen molar-refractivity contribution in [3.8, 4) is 17.2 Å². The molecule has 274 valence electrons. The molecule has 2 saturated heterocycles. The molecule has 1 amide bonds. The lowest BCUT2D eigenvalue weighted by Gasteiger charge is -2.37. The van der Waals surface area contributed by atoms with Gasteiger partial charge in [-0.05, 0) is 100 Å². The topological polar surface area (TPSA) is 94.2 Å². The fourth-order valence-corrected chi connectivity index (χ4v) is 8.14. The second-order valence-electron chi connectivity index (χ2n) is 14.5. The molecular weight excluding hydrogens is 654 g/mol. The molecule has 0 saturated carbocycles. The number of carbonyl (C=O) groups excluding carboxylic acids is 1. The molecule has 2 aliphatic heterocycles. The zero-order valence-electron chi connectivity index (χ0n) is 31.3. The van der Waals surface area contributed by atoms with E-state index in [2.05, 4.69) is 72.0 Å². The molecule has 0 spiro atoms. The van der Waals surface area contributed by atoms with Gasteiger partial charge in [0, 0.05) is 48.8 Å². The van der Waals surface area contributed by atoms with Crippen molar-refractivity contribution in [3.05, 3.63) is 101 Å². The number of rotatable bonds is 12. The Morgan fingerprint density at radius 2 is 1.71 bits per heavy atom. The molecule has 2 fully saturated rings. The van der Waals surface area contributed by atoms with E-state index in [0.29, 0.717) is 41.9 Å². The summed E-state index contributed by atoms with van der Waals surface area (Å²) >= 11 is 0. The fourth-order valence-electron chi connectivity index (χ4n) is 8.14. The summed E-state index contributed by atoms with van der Waals surface area (Å²) in [6, 6.07) is 21.1. The Hall–Kier alpha value is -4.96. The van der Waals surface area contributed by atoms with Crippen LogP contribution in [0.1, 0.15) is 71.3 Å². The van der Waals surface area contributed by atoms with Gasteiger partial charge in [-0.3, -0.25) is 4.79 Å². The van der Waals surface area contributed by atoms with Crippen LogP contribution in [-0.2, 0) is 5.41 Å². The van der Waals surface area contributed by atoms with Crippen molar-refractivity contribution in [2.24, 2.45) is 0 Å². The lowest BCUT2D eigenvalue weighted by molar-refractivity contribution is 0.0779. The lowest BCUT2D eigenvalue weighted by Crippen LogP contribution is -2.42. The third kappa shape index (κ3) is 6.84. The number of furan rings is 1. The number of hydrogen-bond donors (Lipinski definition) is 1. The van der Waals surface area contributed by atoms with E-state index >= 15 is 0 Å². The first-order chi connectivity index (χ1) is 25.2. The number of fused-ring (bicyclic) bond motifs is 1. The summed E-state index contributed by atoms with van der Waals surface area (Å²) in [7, 11) is 4.72. The Morgan fingerprint density at radius 3 is 2.38 bits per heavy atom. The molecule has 10 nitrogen and oxygen atoms in total. The highest BCUT2D eigenvalue weighted by Gasteiger charge is 2.42. The number of piperidine rings is 1. The first-order valence-corrected chi connectivity index (χ1v) is 18.4. The van der Waals surface area contributed by atoms with Gasteiger partial charge in [0.1, 0.15) is 0 Å². The summed E-state index contributed by atoms with van der Waals surface area (Å²) in [5.74, 6) is 2.32. The molecule has 7 rings (SSSR count).